The van der Waals surface area contributed by atoms with Gasteiger partial charge in [0.25, 0.3) is 0 Å². The lowest BCUT2D eigenvalue weighted by molar-refractivity contribution is -0.271. The Morgan fingerprint density at radius 1 is 1.13 bits per heavy atom. The summed E-state index contributed by atoms with van der Waals surface area (Å²) in [6, 6.07) is 8.04. The Balaban J connectivity index is 2.07. The third-order valence-corrected chi connectivity index (χ3v) is 5.36. The van der Waals surface area contributed by atoms with E-state index < -0.39 is 41.4 Å². The molecule has 0 saturated heterocycles. The molecule has 0 amide bonds. The van der Waals surface area contributed by atoms with E-state index in [1.54, 1.807) is 6.92 Å². The van der Waals surface area contributed by atoms with E-state index in [1.165, 1.54) is 61.1 Å². The Morgan fingerprint density at radius 2 is 1.83 bits per heavy atom. The van der Waals surface area contributed by atoms with Crippen molar-refractivity contribution in [3.63, 3.8) is 0 Å². The van der Waals surface area contributed by atoms with E-state index >= 15 is 0 Å². The monoisotopic (exact) mass is 422 g/mol. The standard InChI is InChI=1S/C22H22F4N2O2/c1-14-6-7-15(23)11-16(14)20(2,3)12-21(30,22(24,25)26)13-28-10-8-18(29)19-17(28)5-4-9-27-19/h4-11,30H,12-13H2,1-3H3. The fourth-order valence-electron chi connectivity index (χ4n) is 3.95. The Bertz CT molecular complexity index is 1140. The highest BCUT2D eigenvalue weighted by molar-refractivity contribution is 5.73. The minimum absolute atomic E-state index is 0.0183. The van der Waals surface area contributed by atoms with Crippen LogP contribution in [0, 0.1) is 12.7 Å². The highest BCUT2D eigenvalue weighted by atomic mass is 19.4. The van der Waals surface area contributed by atoms with E-state index in [4.69, 9.17) is 0 Å². The third kappa shape index (κ3) is 4.09. The van der Waals surface area contributed by atoms with Gasteiger partial charge in [0.05, 0.1) is 12.1 Å². The minimum atomic E-state index is -4.97. The molecule has 3 aromatic rings. The number of hydrogen-bond acceptors (Lipinski definition) is 3. The molecule has 1 unspecified atom stereocenters. The molecule has 2 heterocycles. The fourth-order valence-corrected chi connectivity index (χ4v) is 3.95. The summed E-state index contributed by atoms with van der Waals surface area (Å²) in [5.74, 6) is -0.559. The molecular formula is C22H22F4N2O2. The second kappa shape index (κ2) is 7.50. The molecule has 160 valence electrons. The van der Waals surface area contributed by atoms with Crippen molar-refractivity contribution in [2.45, 2.75) is 50.9 Å². The maximum Gasteiger partial charge on any atom is 0.418 e. The van der Waals surface area contributed by atoms with Crippen LogP contribution in [0.4, 0.5) is 17.6 Å². The van der Waals surface area contributed by atoms with Gasteiger partial charge in [-0.25, -0.2) is 4.39 Å². The molecule has 30 heavy (non-hydrogen) atoms. The van der Waals surface area contributed by atoms with Crippen LogP contribution in [-0.4, -0.2) is 26.4 Å². The van der Waals surface area contributed by atoms with Crippen molar-refractivity contribution in [1.82, 2.24) is 9.55 Å². The SMILES string of the molecule is Cc1ccc(F)cc1C(C)(C)CC(O)(Cn1ccc(=O)c2ncccc21)C(F)(F)F. The van der Waals surface area contributed by atoms with Crippen LogP contribution in [0.25, 0.3) is 11.0 Å². The molecule has 0 aliphatic rings. The van der Waals surface area contributed by atoms with Crippen molar-refractivity contribution in [3.05, 3.63) is 76.0 Å². The predicted octanol–water partition coefficient (Wildman–Crippen LogP) is 4.51. The van der Waals surface area contributed by atoms with Gasteiger partial charge in [-0.3, -0.25) is 9.78 Å². The fraction of sp³-hybridized carbons (Fsp3) is 0.364. The van der Waals surface area contributed by atoms with E-state index in [2.05, 4.69) is 4.98 Å². The van der Waals surface area contributed by atoms with Crippen LogP contribution in [0.3, 0.4) is 0 Å². The van der Waals surface area contributed by atoms with E-state index in [1.807, 2.05) is 0 Å². The van der Waals surface area contributed by atoms with Crippen molar-refractivity contribution in [1.29, 1.82) is 0 Å². The number of benzene rings is 1. The molecule has 0 aliphatic heterocycles. The van der Waals surface area contributed by atoms with Crippen molar-refractivity contribution >= 4 is 11.0 Å². The highest BCUT2D eigenvalue weighted by Crippen LogP contribution is 2.43. The zero-order valence-electron chi connectivity index (χ0n) is 16.8. The zero-order valence-corrected chi connectivity index (χ0v) is 16.8. The van der Waals surface area contributed by atoms with Gasteiger partial charge in [-0.15, -0.1) is 0 Å². The highest BCUT2D eigenvalue weighted by Gasteiger charge is 2.56. The quantitative estimate of drug-likeness (QED) is 0.616. The van der Waals surface area contributed by atoms with Gasteiger partial charge in [0, 0.05) is 18.5 Å². The van der Waals surface area contributed by atoms with Gasteiger partial charge in [-0.05, 0) is 54.2 Å². The average molecular weight is 422 g/mol. The van der Waals surface area contributed by atoms with Crippen molar-refractivity contribution in [3.8, 4) is 0 Å². The molecule has 1 aromatic carbocycles. The van der Waals surface area contributed by atoms with E-state index in [9.17, 15) is 27.5 Å². The summed E-state index contributed by atoms with van der Waals surface area (Å²) >= 11 is 0. The van der Waals surface area contributed by atoms with Crippen molar-refractivity contribution in [2.75, 3.05) is 0 Å². The lowest BCUT2D eigenvalue weighted by atomic mass is 9.73. The van der Waals surface area contributed by atoms with Gasteiger partial charge in [-0.2, -0.15) is 13.2 Å². The summed E-state index contributed by atoms with van der Waals surface area (Å²) < 4.78 is 57.2. The number of alkyl halides is 3. The molecule has 0 spiro atoms. The number of halogens is 4. The molecule has 0 bridgehead atoms. The second-order valence-electron chi connectivity index (χ2n) is 8.23. The Kier molecular flexibility index (Phi) is 5.49. The number of rotatable bonds is 5. The van der Waals surface area contributed by atoms with Gasteiger partial charge in [-0.1, -0.05) is 19.9 Å². The molecule has 1 atom stereocenters. The first-order chi connectivity index (χ1) is 13.8. The first kappa shape index (κ1) is 22.0. The van der Waals surface area contributed by atoms with Crippen LogP contribution in [0.15, 0.2) is 53.6 Å². The first-order valence-electron chi connectivity index (χ1n) is 9.34. The van der Waals surface area contributed by atoms with Crippen LogP contribution in [-0.2, 0) is 12.0 Å². The molecule has 0 radical (unpaired) electrons. The number of pyridine rings is 2. The number of aryl methyl sites for hydroxylation is 1. The summed E-state index contributed by atoms with van der Waals surface area (Å²) in [4.78, 5) is 15.9. The minimum Gasteiger partial charge on any atom is -0.379 e. The third-order valence-electron chi connectivity index (χ3n) is 5.36. The molecule has 8 heteroatoms. The molecule has 2 aromatic heterocycles. The summed E-state index contributed by atoms with van der Waals surface area (Å²) in [5, 5.41) is 10.8. The number of fused-ring (bicyclic) bond motifs is 1. The number of hydrogen-bond donors (Lipinski definition) is 1. The van der Waals surface area contributed by atoms with Crippen LogP contribution in [0.1, 0.15) is 31.4 Å². The van der Waals surface area contributed by atoms with Gasteiger partial charge in [0.2, 0.25) is 5.43 Å². The number of aliphatic hydroxyl groups is 1. The summed E-state index contributed by atoms with van der Waals surface area (Å²) in [6.45, 7) is 3.92. The maximum absolute atomic E-state index is 14.1. The van der Waals surface area contributed by atoms with E-state index in [0.29, 0.717) is 11.1 Å². The molecule has 4 nitrogen and oxygen atoms in total. The normalized spacial score (nSPS) is 14.7. The lowest BCUT2D eigenvalue weighted by Gasteiger charge is -2.39. The summed E-state index contributed by atoms with van der Waals surface area (Å²) in [7, 11) is 0. The summed E-state index contributed by atoms with van der Waals surface area (Å²) in [5.41, 5.74) is -3.53. The van der Waals surface area contributed by atoms with Crippen molar-refractivity contribution < 1.29 is 22.7 Å². The van der Waals surface area contributed by atoms with Gasteiger partial charge in [0.15, 0.2) is 5.60 Å². The molecule has 0 aliphatic carbocycles. The zero-order chi connectivity index (χ0) is 22.3. The number of aromatic nitrogens is 2. The Morgan fingerprint density at radius 3 is 2.50 bits per heavy atom. The van der Waals surface area contributed by atoms with Gasteiger partial charge < -0.3 is 9.67 Å². The topological polar surface area (TPSA) is 55.1 Å². The van der Waals surface area contributed by atoms with Gasteiger partial charge >= 0.3 is 6.18 Å². The molecule has 3 rings (SSSR count). The Hall–Kier alpha value is -2.74. The first-order valence-corrected chi connectivity index (χ1v) is 9.34. The molecule has 1 N–H and O–H groups in total. The van der Waals surface area contributed by atoms with E-state index in [0.717, 1.165) is 6.07 Å². The van der Waals surface area contributed by atoms with Crippen LogP contribution in [0.2, 0.25) is 0 Å². The molecule has 0 saturated carbocycles. The number of nitrogens with zero attached hydrogens (tertiary/aromatic N) is 2. The van der Waals surface area contributed by atoms with Crippen LogP contribution < -0.4 is 5.43 Å². The summed E-state index contributed by atoms with van der Waals surface area (Å²) in [6.07, 6.45) is -3.09. The molecule has 0 fully saturated rings. The largest absolute Gasteiger partial charge is 0.418 e. The smallest absolute Gasteiger partial charge is 0.379 e. The predicted molar refractivity (Wildman–Crippen MR) is 106 cm³/mol. The van der Waals surface area contributed by atoms with Gasteiger partial charge in [0.1, 0.15) is 11.3 Å². The maximum atomic E-state index is 14.1. The van der Waals surface area contributed by atoms with E-state index in [-0.39, 0.29) is 11.0 Å². The average Bonchev–Trinajstić information content (AvgIpc) is 2.65. The molecular weight excluding hydrogens is 400 g/mol. The Labute approximate surface area is 170 Å². The van der Waals surface area contributed by atoms with Crippen LogP contribution in [0.5, 0.6) is 0 Å². The second-order valence-corrected chi connectivity index (χ2v) is 8.23. The van der Waals surface area contributed by atoms with Crippen LogP contribution >= 0.6 is 0 Å². The lowest BCUT2D eigenvalue weighted by Crippen LogP contribution is -2.52. The van der Waals surface area contributed by atoms with Crippen molar-refractivity contribution in [2.24, 2.45) is 0 Å².